The predicted octanol–water partition coefficient (Wildman–Crippen LogP) is 4.70. The molecular formula is C19H16F3N3O3S. The van der Waals surface area contributed by atoms with Gasteiger partial charge in [-0.1, -0.05) is 18.2 Å². The Balaban J connectivity index is 1.92. The lowest BCUT2D eigenvalue weighted by atomic mass is 10.2. The van der Waals surface area contributed by atoms with Crippen LogP contribution in [0.25, 0.3) is 17.3 Å². The second kappa shape index (κ2) is 8.48. The van der Waals surface area contributed by atoms with Gasteiger partial charge in [0.05, 0.1) is 19.4 Å². The van der Waals surface area contributed by atoms with Gasteiger partial charge in [-0.25, -0.2) is 14.5 Å². The van der Waals surface area contributed by atoms with E-state index >= 15 is 0 Å². The molecule has 0 saturated carbocycles. The van der Waals surface area contributed by atoms with Gasteiger partial charge in [-0.3, -0.25) is 0 Å². The molecule has 2 aromatic heterocycles. The molecule has 0 spiro atoms. The molecule has 0 atom stereocenters. The molecule has 0 aliphatic carbocycles. The van der Waals surface area contributed by atoms with Crippen LogP contribution in [0, 0.1) is 0 Å². The Kier molecular flexibility index (Phi) is 6.02. The molecule has 2 heterocycles. The van der Waals surface area contributed by atoms with Gasteiger partial charge in [0.2, 0.25) is 5.13 Å². The lowest BCUT2D eigenvalue weighted by Gasteiger charge is -2.06. The van der Waals surface area contributed by atoms with Gasteiger partial charge in [-0.2, -0.15) is 18.3 Å². The van der Waals surface area contributed by atoms with Crippen LogP contribution in [-0.2, 0) is 10.9 Å². The van der Waals surface area contributed by atoms with Gasteiger partial charge >= 0.3 is 12.1 Å². The molecule has 29 heavy (non-hydrogen) atoms. The molecule has 10 heteroatoms. The minimum Gasteiger partial charge on any atom is -0.497 e. The second-order valence-corrected chi connectivity index (χ2v) is 6.54. The Hall–Kier alpha value is -3.14. The van der Waals surface area contributed by atoms with Crippen molar-refractivity contribution in [2.45, 2.75) is 13.1 Å². The van der Waals surface area contributed by atoms with Crippen molar-refractivity contribution in [3.8, 4) is 10.9 Å². The van der Waals surface area contributed by atoms with Crippen molar-refractivity contribution < 1.29 is 27.4 Å². The van der Waals surface area contributed by atoms with E-state index in [2.05, 4.69) is 10.1 Å². The zero-order valence-corrected chi connectivity index (χ0v) is 16.3. The highest BCUT2D eigenvalue weighted by Gasteiger charge is 2.37. The number of alkyl halides is 3. The summed E-state index contributed by atoms with van der Waals surface area (Å²) >= 11 is 0.870. The topological polar surface area (TPSA) is 66.2 Å². The van der Waals surface area contributed by atoms with Crippen molar-refractivity contribution in [2.75, 3.05) is 13.7 Å². The molecular weight excluding hydrogens is 407 g/mol. The van der Waals surface area contributed by atoms with Gasteiger partial charge < -0.3 is 9.47 Å². The number of ether oxygens (including phenoxy) is 2. The average Bonchev–Trinajstić information content (AvgIpc) is 3.34. The van der Waals surface area contributed by atoms with E-state index in [0.717, 1.165) is 23.0 Å². The van der Waals surface area contributed by atoms with Crippen LogP contribution in [-0.4, -0.2) is 34.5 Å². The number of nitrogens with zero attached hydrogens (tertiary/aromatic N) is 3. The SMILES string of the molecule is CCOC(=O)c1csc(-n2nc(/C=C\c3ccc(OC)cc3)cc2C(F)(F)F)n1. The molecule has 0 amide bonds. The Morgan fingerprint density at radius 3 is 2.59 bits per heavy atom. The number of methoxy groups -OCH3 is 1. The molecule has 3 rings (SSSR count). The van der Waals surface area contributed by atoms with E-state index in [1.54, 1.807) is 44.4 Å². The molecule has 0 aliphatic heterocycles. The molecule has 0 fully saturated rings. The monoisotopic (exact) mass is 423 g/mol. The number of hydrogen-bond acceptors (Lipinski definition) is 6. The van der Waals surface area contributed by atoms with E-state index in [1.807, 2.05) is 0 Å². The van der Waals surface area contributed by atoms with E-state index in [4.69, 9.17) is 9.47 Å². The fourth-order valence-corrected chi connectivity index (χ4v) is 3.14. The lowest BCUT2D eigenvalue weighted by molar-refractivity contribution is -0.142. The van der Waals surface area contributed by atoms with Gasteiger partial charge in [-0.15, -0.1) is 11.3 Å². The first-order chi connectivity index (χ1) is 13.8. The number of carbonyl (C=O) groups excluding carboxylic acids is 1. The summed E-state index contributed by atoms with van der Waals surface area (Å²) in [5.74, 6) is -0.0256. The molecule has 0 saturated heterocycles. The average molecular weight is 423 g/mol. The fourth-order valence-electron chi connectivity index (χ4n) is 2.39. The van der Waals surface area contributed by atoms with Crippen LogP contribution in [0.5, 0.6) is 5.75 Å². The molecule has 152 valence electrons. The van der Waals surface area contributed by atoms with Crippen molar-refractivity contribution in [3.05, 3.63) is 58.4 Å². The maximum Gasteiger partial charge on any atom is 0.433 e. The number of halogens is 3. The standard InChI is InChI=1S/C19H16F3N3O3S/c1-3-28-17(26)15-11-29-18(23-15)25-16(19(20,21)22)10-13(24-25)7-4-12-5-8-14(27-2)9-6-12/h4-11H,3H2,1-2H3/b7-4-. The van der Waals surface area contributed by atoms with Crippen molar-refractivity contribution in [2.24, 2.45) is 0 Å². The van der Waals surface area contributed by atoms with Crippen molar-refractivity contribution in [3.63, 3.8) is 0 Å². The van der Waals surface area contributed by atoms with Crippen molar-refractivity contribution >= 4 is 29.5 Å². The zero-order chi connectivity index (χ0) is 21.0. The molecule has 0 unspecified atom stereocenters. The Bertz CT molecular complexity index is 1020. The minimum absolute atomic E-state index is 0.0641. The van der Waals surface area contributed by atoms with Crippen LogP contribution < -0.4 is 4.74 Å². The summed E-state index contributed by atoms with van der Waals surface area (Å²) in [6.07, 6.45) is -1.54. The lowest BCUT2D eigenvalue weighted by Crippen LogP contribution is -2.13. The van der Waals surface area contributed by atoms with E-state index in [0.29, 0.717) is 10.4 Å². The number of hydrogen-bond donors (Lipinski definition) is 0. The Morgan fingerprint density at radius 1 is 1.24 bits per heavy atom. The van der Waals surface area contributed by atoms with Crippen LogP contribution >= 0.6 is 11.3 Å². The summed E-state index contributed by atoms with van der Waals surface area (Å²) < 4.78 is 51.0. The van der Waals surface area contributed by atoms with Crippen molar-refractivity contribution in [1.29, 1.82) is 0 Å². The molecule has 3 aromatic rings. The number of aromatic nitrogens is 3. The summed E-state index contributed by atoms with van der Waals surface area (Å²) in [5.41, 5.74) is -0.184. The minimum atomic E-state index is -4.64. The van der Waals surface area contributed by atoms with Gasteiger partial charge in [0.25, 0.3) is 0 Å². The number of benzene rings is 1. The van der Waals surface area contributed by atoms with Gasteiger partial charge in [0.1, 0.15) is 5.75 Å². The first kappa shape index (κ1) is 20.6. The number of esters is 1. The fraction of sp³-hybridized carbons (Fsp3) is 0.211. The van der Waals surface area contributed by atoms with E-state index < -0.39 is 17.8 Å². The molecule has 0 bridgehead atoms. The number of rotatable bonds is 6. The first-order valence-electron chi connectivity index (χ1n) is 8.44. The summed E-state index contributed by atoms with van der Waals surface area (Å²) in [5, 5.41) is 5.25. The van der Waals surface area contributed by atoms with Crippen LogP contribution in [0.3, 0.4) is 0 Å². The summed E-state index contributed by atoms with van der Waals surface area (Å²) in [4.78, 5) is 15.7. The third-order valence-corrected chi connectivity index (χ3v) is 4.56. The van der Waals surface area contributed by atoms with Crippen LogP contribution in [0.4, 0.5) is 13.2 Å². The predicted molar refractivity (Wildman–Crippen MR) is 102 cm³/mol. The molecule has 0 radical (unpaired) electrons. The van der Waals surface area contributed by atoms with E-state index in [1.165, 1.54) is 11.5 Å². The number of carbonyl (C=O) groups is 1. The largest absolute Gasteiger partial charge is 0.497 e. The molecule has 0 N–H and O–H groups in total. The molecule has 1 aromatic carbocycles. The second-order valence-electron chi connectivity index (χ2n) is 5.71. The maximum absolute atomic E-state index is 13.5. The van der Waals surface area contributed by atoms with Crippen LogP contribution in [0.1, 0.15) is 34.4 Å². The Morgan fingerprint density at radius 2 is 1.97 bits per heavy atom. The van der Waals surface area contributed by atoms with Gasteiger partial charge in [-0.05, 0) is 36.8 Å². The van der Waals surface area contributed by atoms with Crippen molar-refractivity contribution in [1.82, 2.24) is 14.8 Å². The third-order valence-electron chi connectivity index (χ3n) is 3.74. The maximum atomic E-state index is 13.5. The summed E-state index contributed by atoms with van der Waals surface area (Å²) in [6, 6.07) is 7.94. The van der Waals surface area contributed by atoms with Gasteiger partial charge in [0.15, 0.2) is 11.4 Å². The smallest absolute Gasteiger partial charge is 0.433 e. The highest BCUT2D eigenvalue weighted by atomic mass is 32.1. The van der Waals surface area contributed by atoms with E-state index in [-0.39, 0.29) is 23.1 Å². The summed E-state index contributed by atoms with van der Waals surface area (Å²) in [7, 11) is 1.54. The molecule has 0 aliphatic rings. The zero-order valence-electron chi connectivity index (χ0n) is 15.4. The molecule has 6 nitrogen and oxygen atoms in total. The number of thiazole rings is 1. The van der Waals surface area contributed by atoms with Crippen LogP contribution in [0.2, 0.25) is 0 Å². The van der Waals surface area contributed by atoms with E-state index in [9.17, 15) is 18.0 Å². The summed E-state index contributed by atoms with van der Waals surface area (Å²) in [6.45, 7) is 1.77. The quantitative estimate of drug-likeness (QED) is 0.538. The highest BCUT2D eigenvalue weighted by molar-refractivity contribution is 7.12. The Labute approximate surface area is 168 Å². The third kappa shape index (κ3) is 4.83. The van der Waals surface area contributed by atoms with Crippen LogP contribution in [0.15, 0.2) is 35.7 Å². The highest BCUT2D eigenvalue weighted by Crippen LogP contribution is 2.32. The van der Waals surface area contributed by atoms with Gasteiger partial charge in [0, 0.05) is 5.38 Å². The normalized spacial score (nSPS) is 11.8. The first-order valence-corrected chi connectivity index (χ1v) is 9.32.